The molecule has 242 valence electrons. The number of para-hydroxylation sites is 2. The van der Waals surface area contributed by atoms with Gasteiger partial charge in [-0.1, -0.05) is 147 Å². The van der Waals surface area contributed by atoms with E-state index in [4.69, 9.17) is 0 Å². The molecule has 1 aromatic heterocycles. The molecular weight excluding hydrogens is 617 g/mol. The van der Waals surface area contributed by atoms with Crippen molar-refractivity contribution in [3.63, 3.8) is 0 Å². The third-order valence-electron chi connectivity index (χ3n) is 11.0. The predicted molar refractivity (Wildman–Crippen MR) is 216 cm³/mol. The van der Waals surface area contributed by atoms with E-state index in [2.05, 4.69) is 205 Å². The highest BCUT2D eigenvalue weighted by molar-refractivity contribution is 6.09. The predicted octanol–water partition coefficient (Wildman–Crippen LogP) is 13.4. The quantitative estimate of drug-likeness (QED) is 0.180. The molecule has 1 aliphatic rings. The summed E-state index contributed by atoms with van der Waals surface area (Å²) in [5.41, 5.74) is 14.7. The van der Waals surface area contributed by atoms with Gasteiger partial charge in [0.2, 0.25) is 0 Å². The first-order valence-corrected chi connectivity index (χ1v) is 17.8. The van der Waals surface area contributed by atoms with Gasteiger partial charge in [-0.3, -0.25) is 0 Å². The average molecular weight is 653 g/mol. The van der Waals surface area contributed by atoms with Gasteiger partial charge < -0.3 is 9.47 Å². The highest BCUT2D eigenvalue weighted by Crippen LogP contribution is 2.54. The molecule has 0 saturated heterocycles. The van der Waals surface area contributed by atoms with Gasteiger partial charge >= 0.3 is 0 Å². The van der Waals surface area contributed by atoms with Crippen LogP contribution in [-0.2, 0) is 5.41 Å². The second-order valence-electron chi connectivity index (χ2n) is 14.2. The standard InChI is InChI=1S/C49H36N2/c1-49(2)43-30-29-37(32-42(43)48-39(24-14-25-44(48)49)34-15-4-3-5-16-34)50(45-28-12-18-33-17-6-7-21-38(33)45)35-19-13-20-36(31-35)51-46-26-10-8-22-40(46)41-23-9-11-27-47(41)51/h3-32H,1-2H3. The number of nitrogens with zero attached hydrogens (tertiary/aromatic N) is 2. The number of hydrogen-bond donors (Lipinski definition) is 0. The SMILES string of the molecule is CC1(C)c2ccc(N(c3cccc(-n4c5ccccc5c5ccccc54)c3)c3cccc4ccccc34)cc2-c2c(-c3ccccc3)cccc21. The van der Waals surface area contributed by atoms with Crippen molar-refractivity contribution in [1.82, 2.24) is 4.57 Å². The largest absolute Gasteiger partial charge is 0.310 e. The monoisotopic (exact) mass is 652 g/mol. The second kappa shape index (κ2) is 11.3. The fraction of sp³-hybridized carbons (Fsp3) is 0.0612. The molecule has 0 N–H and O–H groups in total. The third kappa shape index (κ3) is 4.50. The van der Waals surface area contributed by atoms with Crippen LogP contribution in [0, 0.1) is 0 Å². The Labute approximate surface area is 298 Å². The minimum Gasteiger partial charge on any atom is -0.310 e. The molecule has 0 atom stereocenters. The van der Waals surface area contributed by atoms with E-state index in [-0.39, 0.29) is 5.41 Å². The number of hydrogen-bond acceptors (Lipinski definition) is 1. The Morgan fingerprint density at radius 3 is 1.86 bits per heavy atom. The molecule has 9 aromatic rings. The van der Waals surface area contributed by atoms with E-state index in [1.165, 1.54) is 66.0 Å². The van der Waals surface area contributed by atoms with E-state index in [1.807, 2.05) is 0 Å². The minimum absolute atomic E-state index is 0.116. The van der Waals surface area contributed by atoms with Crippen LogP contribution in [0.25, 0.3) is 60.5 Å². The zero-order valence-electron chi connectivity index (χ0n) is 28.7. The zero-order valence-corrected chi connectivity index (χ0v) is 28.7. The van der Waals surface area contributed by atoms with Gasteiger partial charge in [0.25, 0.3) is 0 Å². The van der Waals surface area contributed by atoms with Crippen LogP contribution >= 0.6 is 0 Å². The van der Waals surface area contributed by atoms with Gasteiger partial charge in [0, 0.05) is 38.6 Å². The molecule has 1 aliphatic carbocycles. The number of anilines is 3. The van der Waals surface area contributed by atoms with Crippen LogP contribution in [0.15, 0.2) is 182 Å². The Hall–Kier alpha value is -6.38. The van der Waals surface area contributed by atoms with E-state index in [0.717, 1.165) is 22.7 Å². The molecule has 0 saturated carbocycles. The molecule has 0 fully saturated rings. The number of aromatic nitrogens is 1. The molecule has 10 rings (SSSR count). The summed E-state index contributed by atoms with van der Waals surface area (Å²) < 4.78 is 2.41. The van der Waals surface area contributed by atoms with Gasteiger partial charge in [-0.05, 0) is 87.3 Å². The number of rotatable bonds is 5. The maximum Gasteiger partial charge on any atom is 0.0541 e. The maximum absolute atomic E-state index is 2.45. The van der Waals surface area contributed by atoms with Gasteiger partial charge in [0.15, 0.2) is 0 Å². The van der Waals surface area contributed by atoms with E-state index >= 15 is 0 Å². The summed E-state index contributed by atoms with van der Waals surface area (Å²) in [5, 5.41) is 4.96. The highest BCUT2D eigenvalue weighted by atomic mass is 15.1. The van der Waals surface area contributed by atoms with E-state index in [9.17, 15) is 0 Å². The van der Waals surface area contributed by atoms with Crippen molar-refractivity contribution < 1.29 is 0 Å². The molecule has 0 aliphatic heterocycles. The first-order chi connectivity index (χ1) is 25.1. The topological polar surface area (TPSA) is 8.17 Å². The van der Waals surface area contributed by atoms with Crippen LogP contribution in [0.4, 0.5) is 17.1 Å². The molecule has 2 heteroatoms. The van der Waals surface area contributed by atoms with E-state index in [1.54, 1.807) is 0 Å². The summed E-state index contributed by atoms with van der Waals surface area (Å²) in [6.07, 6.45) is 0. The smallest absolute Gasteiger partial charge is 0.0541 e. The Kier molecular flexibility index (Phi) is 6.56. The van der Waals surface area contributed by atoms with Crippen molar-refractivity contribution in [3.8, 4) is 27.9 Å². The Morgan fingerprint density at radius 1 is 0.451 bits per heavy atom. The molecule has 0 amide bonds. The van der Waals surface area contributed by atoms with Gasteiger partial charge in [0.1, 0.15) is 0 Å². The summed E-state index contributed by atoms with van der Waals surface area (Å²) in [5.74, 6) is 0. The fourth-order valence-electron chi connectivity index (χ4n) is 8.59. The lowest BCUT2D eigenvalue weighted by atomic mass is 9.82. The summed E-state index contributed by atoms with van der Waals surface area (Å²) in [7, 11) is 0. The van der Waals surface area contributed by atoms with Crippen LogP contribution in [-0.4, -0.2) is 4.57 Å². The Morgan fingerprint density at radius 2 is 1.08 bits per heavy atom. The lowest BCUT2D eigenvalue weighted by Gasteiger charge is -2.28. The Bertz CT molecular complexity index is 2730. The minimum atomic E-state index is -0.116. The number of benzene rings is 8. The van der Waals surface area contributed by atoms with Crippen molar-refractivity contribution in [2.45, 2.75) is 19.3 Å². The molecule has 1 heterocycles. The Balaban J connectivity index is 1.23. The van der Waals surface area contributed by atoms with Crippen LogP contribution in [0.5, 0.6) is 0 Å². The van der Waals surface area contributed by atoms with Crippen LogP contribution < -0.4 is 4.90 Å². The lowest BCUT2D eigenvalue weighted by Crippen LogP contribution is -2.15. The molecular formula is C49H36N2. The lowest BCUT2D eigenvalue weighted by molar-refractivity contribution is 0.660. The van der Waals surface area contributed by atoms with Crippen LogP contribution in [0.3, 0.4) is 0 Å². The van der Waals surface area contributed by atoms with Crippen molar-refractivity contribution in [2.75, 3.05) is 4.90 Å². The highest BCUT2D eigenvalue weighted by Gasteiger charge is 2.37. The van der Waals surface area contributed by atoms with Crippen molar-refractivity contribution in [3.05, 3.63) is 193 Å². The van der Waals surface area contributed by atoms with Crippen molar-refractivity contribution in [1.29, 1.82) is 0 Å². The maximum atomic E-state index is 2.45. The van der Waals surface area contributed by atoms with Gasteiger partial charge in [-0.25, -0.2) is 0 Å². The molecule has 51 heavy (non-hydrogen) atoms. The first-order valence-electron chi connectivity index (χ1n) is 17.8. The first kappa shape index (κ1) is 29.5. The molecule has 0 spiro atoms. The normalized spacial score (nSPS) is 13.1. The van der Waals surface area contributed by atoms with Crippen molar-refractivity contribution in [2.24, 2.45) is 0 Å². The van der Waals surface area contributed by atoms with Gasteiger partial charge in [-0.15, -0.1) is 0 Å². The van der Waals surface area contributed by atoms with Gasteiger partial charge in [-0.2, -0.15) is 0 Å². The zero-order chi connectivity index (χ0) is 34.1. The van der Waals surface area contributed by atoms with E-state index < -0.39 is 0 Å². The number of fused-ring (bicyclic) bond motifs is 7. The molecule has 0 unspecified atom stereocenters. The fourth-order valence-corrected chi connectivity index (χ4v) is 8.59. The molecule has 0 radical (unpaired) electrons. The van der Waals surface area contributed by atoms with Crippen molar-refractivity contribution >= 4 is 49.6 Å². The van der Waals surface area contributed by atoms with Crippen LogP contribution in [0.2, 0.25) is 0 Å². The summed E-state index contributed by atoms with van der Waals surface area (Å²) in [6.45, 7) is 4.73. The second-order valence-corrected chi connectivity index (χ2v) is 14.2. The summed E-state index contributed by atoms with van der Waals surface area (Å²) in [6, 6.07) is 66.6. The van der Waals surface area contributed by atoms with Gasteiger partial charge in [0.05, 0.1) is 16.7 Å². The molecule has 2 nitrogen and oxygen atoms in total. The van der Waals surface area contributed by atoms with Crippen LogP contribution in [0.1, 0.15) is 25.0 Å². The molecule has 0 bridgehead atoms. The van der Waals surface area contributed by atoms with E-state index in [0.29, 0.717) is 0 Å². The summed E-state index contributed by atoms with van der Waals surface area (Å²) in [4.78, 5) is 2.45. The average Bonchev–Trinajstić information content (AvgIpc) is 3.64. The summed E-state index contributed by atoms with van der Waals surface area (Å²) >= 11 is 0. The third-order valence-corrected chi connectivity index (χ3v) is 11.0. The molecule has 8 aromatic carbocycles.